The number of hydrogen-bond donors (Lipinski definition) is 1. The lowest BCUT2D eigenvalue weighted by molar-refractivity contribution is 0.0978. The Bertz CT molecular complexity index is 444. The Morgan fingerprint density at radius 2 is 1.94 bits per heavy atom. The second-order valence-corrected chi connectivity index (χ2v) is 6.65. The van der Waals surface area contributed by atoms with E-state index in [0.717, 1.165) is 10.0 Å². The molecule has 17 heavy (non-hydrogen) atoms. The van der Waals surface area contributed by atoms with E-state index in [1.165, 1.54) is 0 Å². The predicted octanol–water partition coefficient (Wildman–Crippen LogP) is 1.89. The Hall–Kier alpha value is -0.430. The second kappa shape index (κ2) is 6.49. The van der Waals surface area contributed by atoms with Crippen molar-refractivity contribution in [2.45, 2.75) is 13.5 Å². The lowest BCUT2D eigenvalue weighted by Crippen LogP contribution is -2.24. The minimum absolute atomic E-state index is 0.0483. The number of rotatable bonds is 6. The fraction of sp³-hybridized carbons (Fsp3) is 0.455. The predicted molar refractivity (Wildman–Crippen MR) is 70.9 cm³/mol. The molecule has 1 rings (SSSR count). The van der Waals surface area contributed by atoms with Crippen molar-refractivity contribution < 1.29 is 13.2 Å². The molecule has 0 radical (unpaired) electrons. The van der Waals surface area contributed by atoms with Crippen molar-refractivity contribution >= 4 is 26.0 Å². The first-order valence-electron chi connectivity index (χ1n) is 5.19. The molecule has 1 atom stereocenters. The lowest BCUT2D eigenvalue weighted by Gasteiger charge is -2.10. The standard InChI is InChI=1S/C11H16BrNO3S/c1-9(8-17(13,14)15)6-16-7-10-2-4-11(12)5-3-10/h2-5,9H,6-8H2,1H3,(H2,13,14,15). The van der Waals surface area contributed by atoms with E-state index in [0.29, 0.717) is 13.2 Å². The monoisotopic (exact) mass is 321 g/mol. The smallest absolute Gasteiger partial charge is 0.209 e. The SMILES string of the molecule is CC(COCc1ccc(Br)cc1)CS(N)(=O)=O. The molecule has 0 spiro atoms. The van der Waals surface area contributed by atoms with E-state index < -0.39 is 10.0 Å². The minimum Gasteiger partial charge on any atom is -0.376 e. The minimum atomic E-state index is -3.41. The summed E-state index contributed by atoms with van der Waals surface area (Å²) in [5, 5.41) is 4.95. The van der Waals surface area contributed by atoms with Gasteiger partial charge in [-0.1, -0.05) is 35.0 Å². The molecule has 6 heteroatoms. The number of hydrogen-bond acceptors (Lipinski definition) is 3. The first-order valence-corrected chi connectivity index (χ1v) is 7.70. The summed E-state index contributed by atoms with van der Waals surface area (Å²) in [4.78, 5) is 0. The maximum atomic E-state index is 10.8. The van der Waals surface area contributed by atoms with Gasteiger partial charge in [0, 0.05) is 4.47 Å². The summed E-state index contributed by atoms with van der Waals surface area (Å²) in [7, 11) is -3.41. The van der Waals surface area contributed by atoms with Crippen molar-refractivity contribution in [3.63, 3.8) is 0 Å². The van der Waals surface area contributed by atoms with E-state index in [1.807, 2.05) is 24.3 Å². The molecule has 0 heterocycles. The highest BCUT2D eigenvalue weighted by Crippen LogP contribution is 2.11. The average molecular weight is 322 g/mol. The van der Waals surface area contributed by atoms with Gasteiger partial charge in [-0.25, -0.2) is 13.6 Å². The fourth-order valence-electron chi connectivity index (χ4n) is 1.40. The molecular formula is C11H16BrNO3S. The first-order chi connectivity index (χ1) is 7.87. The summed E-state index contributed by atoms with van der Waals surface area (Å²) in [5.74, 6) is -0.145. The first kappa shape index (κ1) is 14.6. The van der Waals surface area contributed by atoms with Crippen LogP contribution in [0.3, 0.4) is 0 Å². The molecule has 0 saturated carbocycles. The van der Waals surface area contributed by atoms with E-state index in [9.17, 15) is 8.42 Å². The van der Waals surface area contributed by atoms with Crippen LogP contribution in [0.1, 0.15) is 12.5 Å². The number of nitrogens with two attached hydrogens (primary N) is 1. The summed E-state index contributed by atoms with van der Waals surface area (Å²) < 4.78 is 28.1. The third kappa shape index (κ3) is 6.78. The third-order valence-corrected chi connectivity index (χ3v) is 3.66. The lowest BCUT2D eigenvalue weighted by atomic mass is 10.2. The van der Waals surface area contributed by atoms with Gasteiger partial charge in [0.05, 0.1) is 19.0 Å². The van der Waals surface area contributed by atoms with Crippen LogP contribution >= 0.6 is 15.9 Å². The fourth-order valence-corrected chi connectivity index (χ4v) is 2.56. The second-order valence-electron chi connectivity index (χ2n) is 4.08. The summed E-state index contributed by atoms with van der Waals surface area (Å²) >= 11 is 3.35. The van der Waals surface area contributed by atoms with Gasteiger partial charge in [-0.15, -0.1) is 0 Å². The maximum Gasteiger partial charge on any atom is 0.209 e. The molecule has 1 aromatic carbocycles. The van der Waals surface area contributed by atoms with Crippen LogP contribution in [0.25, 0.3) is 0 Å². The number of ether oxygens (including phenoxy) is 1. The van der Waals surface area contributed by atoms with Gasteiger partial charge in [-0.05, 0) is 23.6 Å². The van der Waals surface area contributed by atoms with Crippen LogP contribution in [0.4, 0.5) is 0 Å². The molecule has 0 amide bonds. The zero-order chi connectivity index (χ0) is 12.9. The van der Waals surface area contributed by atoms with Gasteiger partial charge in [0.2, 0.25) is 10.0 Å². The molecule has 0 aliphatic heterocycles. The van der Waals surface area contributed by atoms with Crippen molar-refractivity contribution in [3.05, 3.63) is 34.3 Å². The number of sulfonamides is 1. The largest absolute Gasteiger partial charge is 0.376 e. The van der Waals surface area contributed by atoms with E-state index in [-0.39, 0.29) is 11.7 Å². The zero-order valence-corrected chi connectivity index (χ0v) is 12.0. The van der Waals surface area contributed by atoms with Gasteiger partial charge >= 0.3 is 0 Å². The molecule has 0 aliphatic carbocycles. The van der Waals surface area contributed by atoms with Gasteiger partial charge in [0.1, 0.15) is 0 Å². The topological polar surface area (TPSA) is 69.4 Å². The summed E-state index contributed by atoms with van der Waals surface area (Å²) in [6, 6.07) is 7.78. The highest BCUT2D eigenvalue weighted by atomic mass is 79.9. The van der Waals surface area contributed by atoms with E-state index in [4.69, 9.17) is 9.88 Å². The van der Waals surface area contributed by atoms with Crippen LogP contribution in [-0.2, 0) is 21.4 Å². The zero-order valence-electron chi connectivity index (χ0n) is 9.60. The number of halogens is 1. The van der Waals surface area contributed by atoms with Crippen molar-refractivity contribution in [2.75, 3.05) is 12.4 Å². The van der Waals surface area contributed by atoms with E-state index in [1.54, 1.807) is 6.92 Å². The van der Waals surface area contributed by atoms with Gasteiger partial charge in [-0.3, -0.25) is 0 Å². The van der Waals surface area contributed by atoms with Crippen molar-refractivity contribution in [2.24, 2.45) is 11.1 Å². The van der Waals surface area contributed by atoms with Crippen LogP contribution in [0.2, 0.25) is 0 Å². The Morgan fingerprint density at radius 3 is 2.47 bits per heavy atom. The molecule has 0 aliphatic rings. The Balaban J connectivity index is 2.30. The highest BCUT2D eigenvalue weighted by molar-refractivity contribution is 9.10. The Labute approximate surface area is 110 Å². The quantitative estimate of drug-likeness (QED) is 0.869. The summed E-state index contributed by atoms with van der Waals surface area (Å²) in [5.41, 5.74) is 1.05. The van der Waals surface area contributed by atoms with Gasteiger partial charge in [0.25, 0.3) is 0 Å². The highest BCUT2D eigenvalue weighted by Gasteiger charge is 2.10. The van der Waals surface area contributed by atoms with Crippen LogP contribution < -0.4 is 5.14 Å². The number of benzene rings is 1. The van der Waals surface area contributed by atoms with Crippen LogP contribution in [0.15, 0.2) is 28.7 Å². The van der Waals surface area contributed by atoms with Gasteiger partial charge < -0.3 is 4.74 Å². The van der Waals surface area contributed by atoms with Gasteiger partial charge in [0.15, 0.2) is 0 Å². The van der Waals surface area contributed by atoms with Crippen LogP contribution in [-0.4, -0.2) is 20.8 Å². The van der Waals surface area contributed by atoms with Gasteiger partial charge in [-0.2, -0.15) is 0 Å². The van der Waals surface area contributed by atoms with Crippen LogP contribution in [0, 0.1) is 5.92 Å². The molecule has 0 bridgehead atoms. The third-order valence-electron chi connectivity index (χ3n) is 2.10. The normalized spacial score (nSPS) is 13.6. The number of primary sulfonamides is 1. The molecule has 0 fully saturated rings. The molecule has 1 unspecified atom stereocenters. The Kier molecular flexibility index (Phi) is 5.58. The molecule has 1 aromatic rings. The maximum absolute atomic E-state index is 10.8. The van der Waals surface area contributed by atoms with E-state index in [2.05, 4.69) is 15.9 Å². The van der Waals surface area contributed by atoms with E-state index >= 15 is 0 Å². The van der Waals surface area contributed by atoms with Crippen molar-refractivity contribution in [1.29, 1.82) is 0 Å². The molecule has 2 N–H and O–H groups in total. The molecular weight excluding hydrogens is 306 g/mol. The summed E-state index contributed by atoms with van der Waals surface area (Å²) in [6.07, 6.45) is 0. The molecule has 0 saturated heterocycles. The molecule has 4 nitrogen and oxygen atoms in total. The molecule has 0 aromatic heterocycles. The van der Waals surface area contributed by atoms with Crippen molar-refractivity contribution in [3.8, 4) is 0 Å². The average Bonchev–Trinajstić information content (AvgIpc) is 2.18. The Morgan fingerprint density at radius 1 is 1.35 bits per heavy atom. The van der Waals surface area contributed by atoms with Crippen LogP contribution in [0.5, 0.6) is 0 Å². The summed E-state index contributed by atoms with van der Waals surface area (Å²) in [6.45, 7) is 2.65. The molecule has 96 valence electrons. The van der Waals surface area contributed by atoms with Crippen molar-refractivity contribution in [1.82, 2.24) is 0 Å².